The first-order valence-corrected chi connectivity index (χ1v) is 9.41. The number of carbonyl (C=O) groups excluding carboxylic acids is 1. The van der Waals surface area contributed by atoms with Gasteiger partial charge >= 0.3 is 6.03 Å². The predicted octanol–water partition coefficient (Wildman–Crippen LogP) is 2.41. The van der Waals surface area contributed by atoms with Crippen LogP contribution in [0.15, 0.2) is 24.5 Å². The van der Waals surface area contributed by atoms with E-state index in [1.54, 1.807) is 0 Å². The lowest BCUT2D eigenvalue weighted by Gasteiger charge is -2.32. The molecule has 0 saturated carbocycles. The number of nitrogens with zero attached hydrogens (tertiary/aromatic N) is 4. The first-order chi connectivity index (χ1) is 12.2. The zero-order valence-electron chi connectivity index (χ0n) is 14.9. The van der Waals surface area contributed by atoms with Crippen LogP contribution in [0.25, 0.3) is 5.65 Å². The van der Waals surface area contributed by atoms with E-state index >= 15 is 0 Å². The summed E-state index contributed by atoms with van der Waals surface area (Å²) in [5, 5.41) is 3.07. The lowest BCUT2D eigenvalue weighted by Crippen LogP contribution is -2.43. The Kier molecular flexibility index (Phi) is 4.61. The largest absolute Gasteiger partial charge is 0.332 e. The summed E-state index contributed by atoms with van der Waals surface area (Å²) in [7, 11) is 0. The van der Waals surface area contributed by atoms with Crippen molar-refractivity contribution in [1.29, 1.82) is 0 Å². The summed E-state index contributed by atoms with van der Waals surface area (Å²) >= 11 is 0. The summed E-state index contributed by atoms with van der Waals surface area (Å²) in [4.78, 5) is 21.5. The summed E-state index contributed by atoms with van der Waals surface area (Å²) < 4.78 is 2.05. The zero-order valence-corrected chi connectivity index (χ0v) is 14.9. The second-order valence-corrected chi connectivity index (χ2v) is 7.28. The molecule has 1 unspecified atom stereocenters. The van der Waals surface area contributed by atoms with E-state index in [0.29, 0.717) is 12.6 Å². The number of imidazole rings is 1. The van der Waals surface area contributed by atoms with Crippen molar-refractivity contribution in [3.05, 3.63) is 35.8 Å². The number of amides is 2. The van der Waals surface area contributed by atoms with Gasteiger partial charge in [0.1, 0.15) is 5.65 Å². The Morgan fingerprint density at radius 2 is 2.12 bits per heavy atom. The SMILES string of the molecule is Cc1cccn2c(CNC(=O)N3CCC(N4CCCCC4)C3)cnc12. The van der Waals surface area contributed by atoms with Gasteiger partial charge in [-0.1, -0.05) is 12.5 Å². The number of nitrogens with one attached hydrogen (secondary N) is 1. The van der Waals surface area contributed by atoms with Gasteiger partial charge in [0.05, 0.1) is 18.4 Å². The fraction of sp³-hybridized carbons (Fsp3) is 0.579. The minimum atomic E-state index is 0.0436. The van der Waals surface area contributed by atoms with Crippen molar-refractivity contribution < 1.29 is 4.79 Å². The third-order valence-electron chi connectivity index (χ3n) is 5.59. The number of carbonyl (C=O) groups is 1. The minimum Gasteiger partial charge on any atom is -0.332 e. The van der Waals surface area contributed by atoms with Crippen molar-refractivity contribution in [2.75, 3.05) is 26.2 Å². The molecule has 0 aromatic carbocycles. The number of pyridine rings is 1. The van der Waals surface area contributed by atoms with Gasteiger partial charge in [-0.05, 0) is 50.9 Å². The molecule has 2 fully saturated rings. The van der Waals surface area contributed by atoms with E-state index in [4.69, 9.17) is 0 Å². The molecule has 2 amide bonds. The van der Waals surface area contributed by atoms with Gasteiger partial charge < -0.3 is 14.6 Å². The van der Waals surface area contributed by atoms with E-state index in [2.05, 4.69) is 32.6 Å². The Morgan fingerprint density at radius 1 is 1.28 bits per heavy atom. The van der Waals surface area contributed by atoms with E-state index in [1.165, 1.54) is 32.4 Å². The normalized spacial score (nSPS) is 21.8. The van der Waals surface area contributed by atoms with Gasteiger partial charge in [0.15, 0.2) is 0 Å². The van der Waals surface area contributed by atoms with Gasteiger partial charge in [-0.2, -0.15) is 0 Å². The van der Waals surface area contributed by atoms with Crippen LogP contribution in [-0.2, 0) is 6.54 Å². The highest BCUT2D eigenvalue weighted by molar-refractivity contribution is 5.74. The number of hydrogen-bond donors (Lipinski definition) is 1. The van der Waals surface area contributed by atoms with Crippen LogP contribution in [0.3, 0.4) is 0 Å². The van der Waals surface area contributed by atoms with Crippen molar-refractivity contribution in [3.63, 3.8) is 0 Å². The van der Waals surface area contributed by atoms with Gasteiger partial charge in [-0.15, -0.1) is 0 Å². The fourth-order valence-electron chi connectivity index (χ4n) is 4.12. The molecule has 134 valence electrons. The average Bonchev–Trinajstić information content (AvgIpc) is 3.29. The number of fused-ring (bicyclic) bond motifs is 1. The third-order valence-corrected chi connectivity index (χ3v) is 5.59. The number of piperidine rings is 1. The van der Waals surface area contributed by atoms with Crippen LogP contribution in [0.2, 0.25) is 0 Å². The quantitative estimate of drug-likeness (QED) is 0.933. The number of aromatic nitrogens is 2. The Bertz CT molecular complexity index is 749. The molecule has 2 aromatic heterocycles. The highest BCUT2D eigenvalue weighted by Crippen LogP contribution is 2.20. The van der Waals surface area contributed by atoms with Crippen molar-refractivity contribution >= 4 is 11.7 Å². The van der Waals surface area contributed by atoms with Crippen LogP contribution in [0.5, 0.6) is 0 Å². The van der Waals surface area contributed by atoms with Crippen molar-refractivity contribution in [1.82, 2.24) is 24.5 Å². The van der Waals surface area contributed by atoms with Gasteiger partial charge in [-0.25, -0.2) is 9.78 Å². The van der Waals surface area contributed by atoms with Gasteiger partial charge in [-0.3, -0.25) is 4.90 Å². The van der Waals surface area contributed by atoms with E-state index in [0.717, 1.165) is 36.4 Å². The maximum Gasteiger partial charge on any atom is 0.317 e. The summed E-state index contributed by atoms with van der Waals surface area (Å²) in [6.45, 7) is 6.67. The van der Waals surface area contributed by atoms with Crippen molar-refractivity contribution in [2.24, 2.45) is 0 Å². The molecule has 25 heavy (non-hydrogen) atoms. The first kappa shape index (κ1) is 16.4. The molecule has 0 radical (unpaired) electrons. The molecule has 6 nitrogen and oxygen atoms in total. The average molecular weight is 341 g/mol. The fourth-order valence-corrected chi connectivity index (χ4v) is 4.12. The molecule has 0 bridgehead atoms. The zero-order chi connectivity index (χ0) is 17.2. The maximum atomic E-state index is 12.5. The summed E-state index contributed by atoms with van der Waals surface area (Å²) in [5.74, 6) is 0. The molecule has 2 aliphatic rings. The third kappa shape index (κ3) is 3.35. The van der Waals surface area contributed by atoms with Crippen molar-refractivity contribution in [2.45, 2.75) is 45.2 Å². The molecule has 4 rings (SSSR count). The first-order valence-electron chi connectivity index (χ1n) is 9.41. The number of urea groups is 1. The van der Waals surface area contributed by atoms with E-state index in [-0.39, 0.29) is 6.03 Å². The number of likely N-dealkylation sites (tertiary alicyclic amines) is 2. The lowest BCUT2D eigenvalue weighted by atomic mass is 10.1. The molecule has 1 atom stereocenters. The number of aryl methyl sites for hydroxylation is 1. The lowest BCUT2D eigenvalue weighted by molar-refractivity contribution is 0.161. The van der Waals surface area contributed by atoms with Crippen LogP contribution in [-0.4, -0.2) is 57.4 Å². The van der Waals surface area contributed by atoms with Crippen LogP contribution in [0.4, 0.5) is 4.79 Å². The van der Waals surface area contributed by atoms with Gasteiger partial charge in [0.2, 0.25) is 0 Å². The Morgan fingerprint density at radius 3 is 2.96 bits per heavy atom. The predicted molar refractivity (Wildman–Crippen MR) is 97.6 cm³/mol. The van der Waals surface area contributed by atoms with Crippen LogP contribution >= 0.6 is 0 Å². The van der Waals surface area contributed by atoms with Crippen LogP contribution < -0.4 is 5.32 Å². The smallest absolute Gasteiger partial charge is 0.317 e. The second-order valence-electron chi connectivity index (χ2n) is 7.28. The molecule has 2 aromatic rings. The molecule has 6 heteroatoms. The summed E-state index contributed by atoms with van der Waals surface area (Å²) in [6, 6.07) is 4.65. The highest BCUT2D eigenvalue weighted by Gasteiger charge is 2.30. The van der Waals surface area contributed by atoms with Gasteiger partial charge in [0.25, 0.3) is 0 Å². The van der Waals surface area contributed by atoms with E-state index < -0.39 is 0 Å². The Hall–Kier alpha value is -2.08. The number of rotatable bonds is 3. The minimum absolute atomic E-state index is 0.0436. The van der Waals surface area contributed by atoms with Crippen LogP contribution in [0.1, 0.15) is 36.9 Å². The standard InChI is InChI=1S/C19H27N5O/c1-15-6-5-10-24-17(12-20-18(15)24)13-21-19(25)23-11-7-16(14-23)22-8-3-2-4-9-22/h5-6,10,12,16H,2-4,7-9,11,13-14H2,1H3,(H,21,25). The molecule has 4 heterocycles. The molecular formula is C19H27N5O. The Balaban J connectivity index is 1.34. The molecular weight excluding hydrogens is 314 g/mol. The maximum absolute atomic E-state index is 12.5. The molecule has 0 spiro atoms. The van der Waals surface area contributed by atoms with Gasteiger partial charge in [0, 0.05) is 25.3 Å². The summed E-state index contributed by atoms with van der Waals surface area (Å²) in [5.41, 5.74) is 3.11. The molecule has 0 aliphatic carbocycles. The van der Waals surface area contributed by atoms with E-state index in [1.807, 2.05) is 23.4 Å². The Labute approximate surface area is 148 Å². The van der Waals surface area contributed by atoms with E-state index in [9.17, 15) is 4.79 Å². The monoisotopic (exact) mass is 341 g/mol. The topological polar surface area (TPSA) is 52.9 Å². The second kappa shape index (κ2) is 7.04. The van der Waals surface area contributed by atoms with Crippen LogP contribution in [0, 0.1) is 6.92 Å². The van der Waals surface area contributed by atoms with Crippen molar-refractivity contribution in [3.8, 4) is 0 Å². The molecule has 2 aliphatic heterocycles. The number of hydrogen-bond acceptors (Lipinski definition) is 3. The summed E-state index contributed by atoms with van der Waals surface area (Å²) in [6.07, 6.45) is 8.91. The molecule has 2 saturated heterocycles. The molecule has 1 N–H and O–H groups in total. The highest BCUT2D eigenvalue weighted by atomic mass is 16.2.